The van der Waals surface area contributed by atoms with Gasteiger partial charge in [0.1, 0.15) is 5.84 Å². The molecule has 1 unspecified atom stereocenters. The number of hydrogen-bond donors (Lipinski definition) is 3. The number of benzene rings is 1. The Labute approximate surface area is 121 Å². The third-order valence-corrected chi connectivity index (χ3v) is 5.13. The van der Waals surface area contributed by atoms with E-state index in [2.05, 4.69) is 50.3 Å². The number of rotatable bonds is 5. The van der Waals surface area contributed by atoms with E-state index in [0.717, 1.165) is 5.56 Å². The second-order valence-corrected chi connectivity index (χ2v) is 6.80. The lowest BCUT2D eigenvalue weighted by molar-refractivity contribution is 0.315. The highest BCUT2D eigenvalue weighted by Gasteiger charge is 2.64. The minimum Gasteiger partial charge on any atom is -0.409 e. The largest absolute Gasteiger partial charge is 0.409 e. The van der Waals surface area contributed by atoms with Crippen molar-refractivity contribution in [3.63, 3.8) is 0 Å². The van der Waals surface area contributed by atoms with Crippen LogP contribution in [0.15, 0.2) is 35.5 Å². The van der Waals surface area contributed by atoms with Crippen LogP contribution < -0.4 is 11.1 Å². The molecule has 4 nitrogen and oxygen atoms in total. The molecule has 4 heteroatoms. The maximum Gasteiger partial charge on any atom is 0.141 e. The van der Waals surface area contributed by atoms with Gasteiger partial charge in [-0.3, -0.25) is 0 Å². The van der Waals surface area contributed by atoms with Gasteiger partial charge in [-0.25, -0.2) is 0 Å². The second kappa shape index (κ2) is 5.09. The molecule has 0 spiro atoms. The highest BCUT2D eigenvalue weighted by atomic mass is 16.4. The molecule has 1 aliphatic rings. The number of nitrogens with zero attached hydrogens (tertiary/aromatic N) is 1. The number of nitrogens with one attached hydrogen (secondary N) is 1. The minimum atomic E-state index is 0.0677. The third kappa shape index (κ3) is 2.52. The highest BCUT2D eigenvalue weighted by molar-refractivity contribution is 5.80. The summed E-state index contributed by atoms with van der Waals surface area (Å²) in [5.41, 5.74) is 7.38. The van der Waals surface area contributed by atoms with Crippen molar-refractivity contribution in [1.29, 1.82) is 0 Å². The van der Waals surface area contributed by atoms with Gasteiger partial charge in [0, 0.05) is 18.5 Å². The molecule has 1 fully saturated rings. The summed E-state index contributed by atoms with van der Waals surface area (Å²) in [4.78, 5) is 0. The number of hydrogen-bond acceptors (Lipinski definition) is 3. The van der Waals surface area contributed by atoms with E-state index < -0.39 is 0 Å². The molecule has 110 valence electrons. The Morgan fingerprint density at radius 3 is 2.25 bits per heavy atom. The van der Waals surface area contributed by atoms with E-state index in [-0.39, 0.29) is 22.7 Å². The van der Waals surface area contributed by atoms with Gasteiger partial charge in [-0.1, -0.05) is 63.2 Å². The molecule has 1 aliphatic carbocycles. The number of nitrogens with two attached hydrogens (primary N) is 1. The molecule has 0 heterocycles. The van der Waals surface area contributed by atoms with Crippen molar-refractivity contribution in [1.82, 2.24) is 5.32 Å². The Hall–Kier alpha value is -1.55. The standard InChI is InChI=1S/C16H25N3O/c1-15(2)14(16(15,3)4)18-12(10-13(17)19-20)11-8-6-5-7-9-11/h5-9,12,14,18,20H,10H2,1-4H3,(H2,17,19). The molecule has 4 N–H and O–H groups in total. The van der Waals surface area contributed by atoms with Crippen molar-refractivity contribution in [2.75, 3.05) is 0 Å². The number of amidine groups is 1. The lowest BCUT2D eigenvalue weighted by Gasteiger charge is -2.20. The zero-order valence-electron chi connectivity index (χ0n) is 12.7. The molecule has 0 aromatic heterocycles. The van der Waals surface area contributed by atoms with Crippen LogP contribution in [0.4, 0.5) is 0 Å². The average molecular weight is 275 g/mol. The summed E-state index contributed by atoms with van der Waals surface area (Å²) in [7, 11) is 0. The molecule has 0 amide bonds. The van der Waals surface area contributed by atoms with E-state index >= 15 is 0 Å². The zero-order valence-corrected chi connectivity index (χ0v) is 12.7. The van der Waals surface area contributed by atoms with Crippen molar-refractivity contribution in [2.45, 2.75) is 46.2 Å². The van der Waals surface area contributed by atoms with Gasteiger partial charge in [0.25, 0.3) is 0 Å². The van der Waals surface area contributed by atoms with Crippen LogP contribution in [0.1, 0.15) is 45.7 Å². The van der Waals surface area contributed by atoms with E-state index in [4.69, 9.17) is 10.9 Å². The Bertz CT molecular complexity index is 480. The first kappa shape index (κ1) is 14.9. The third-order valence-electron chi connectivity index (χ3n) is 5.13. The van der Waals surface area contributed by atoms with Crippen LogP contribution in [-0.2, 0) is 0 Å². The van der Waals surface area contributed by atoms with E-state index in [0.29, 0.717) is 12.5 Å². The summed E-state index contributed by atoms with van der Waals surface area (Å²) in [6, 6.07) is 10.7. The van der Waals surface area contributed by atoms with E-state index in [9.17, 15) is 0 Å². The Kier molecular flexibility index (Phi) is 3.78. The molecular weight excluding hydrogens is 250 g/mol. The van der Waals surface area contributed by atoms with Gasteiger partial charge in [-0.05, 0) is 16.4 Å². The normalized spacial score (nSPS) is 22.5. The van der Waals surface area contributed by atoms with Crippen molar-refractivity contribution in [3.8, 4) is 0 Å². The van der Waals surface area contributed by atoms with E-state index in [1.54, 1.807) is 0 Å². The predicted octanol–water partition coefficient (Wildman–Crippen LogP) is 2.89. The van der Waals surface area contributed by atoms with Crippen LogP contribution in [0.5, 0.6) is 0 Å². The first-order chi connectivity index (χ1) is 9.30. The van der Waals surface area contributed by atoms with E-state index in [1.807, 2.05) is 18.2 Å². The van der Waals surface area contributed by atoms with Gasteiger partial charge < -0.3 is 16.3 Å². The fourth-order valence-corrected chi connectivity index (χ4v) is 3.02. The van der Waals surface area contributed by atoms with Crippen LogP contribution in [0.2, 0.25) is 0 Å². The molecule has 20 heavy (non-hydrogen) atoms. The minimum absolute atomic E-state index is 0.0677. The highest BCUT2D eigenvalue weighted by Crippen LogP contribution is 2.63. The maximum atomic E-state index is 8.82. The van der Waals surface area contributed by atoms with Crippen LogP contribution in [-0.4, -0.2) is 17.1 Å². The van der Waals surface area contributed by atoms with Crippen LogP contribution >= 0.6 is 0 Å². The van der Waals surface area contributed by atoms with Gasteiger partial charge in [0.15, 0.2) is 0 Å². The molecule has 1 atom stereocenters. The van der Waals surface area contributed by atoms with Crippen molar-refractivity contribution < 1.29 is 5.21 Å². The first-order valence-electron chi connectivity index (χ1n) is 7.08. The summed E-state index contributed by atoms with van der Waals surface area (Å²) < 4.78 is 0. The van der Waals surface area contributed by atoms with Crippen LogP contribution in [0.25, 0.3) is 0 Å². The number of oxime groups is 1. The molecule has 1 aromatic carbocycles. The molecule has 0 saturated heterocycles. The SMILES string of the molecule is CC1(C)C(NC(CC(N)=NO)c2ccccc2)C1(C)C. The molecule has 1 aromatic rings. The lowest BCUT2D eigenvalue weighted by Crippen LogP contribution is -2.31. The summed E-state index contributed by atoms with van der Waals surface area (Å²) in [6.07, 6.45) is 0.503. The predicted molar refractivity (Wildman–Crippen MR) is 81.7 cm³/mol. The molecule has 0 aliphatic heterocycles. The van der Waals surface area contributed by atoms with Crippen LogP contribution in [0, 0.1) is 10.8 Å². The van der Waals surface area contributed by atoms with Gasteiger partial charge in [-0.2, -0.15) is 0 Å². The van der Waals surface area contributed by atoms with Crippen LogP contribution in [0.3, 0.4) is 0 Å². The second-order valence-electron chi connectivity index (χ2n) is 6.80. The van der Waals surface area contributed by atoms with Gasteiger partial charge >= 0.3 is 0 Å². The Morgan fingerprint density at radius 2 is 1.80 bits per heavy atom. The lowest BCUT2D eigenvalue weighted by atomic mass is 10.0. The molecular formula is C16H25N3O. The monoisotopic (exact) mass is 275 g/mol. The smallest absolute Gasteiger partial charge is 0.141 e. The fraction of sp³-hybridized carbons (Fsp3) is 0.562. The maximum absolute atomic E-state index is 8.82. The van der Waals surface area contributed by atoms with E-state index in [1.165, 1.54) is 0 Å². The average Bonchev–Trinajstić information content (AvgIpc) is 2.80. The van der Waals surface area contributed by atoms with Crippen molar-refractivity contribution >= 4 is 5.84 Å². The van der Waals surface area contributed by atoms with Crippen molar-refractivity contribution in [2.24, 2.45) is 21.7 Å². The van der Waals surface area contributed by atoms with Gasteiger partial charge in [0.2, 0.25) is 0 Å². The Balaban J connectivity index is 2.17. The first-order valence-corrected chi connectivity index (χ1v) is 7.08. The van der Waals surface area contributed by atoms with Crippen molar-refractivity contribution in [3.05, 3.63) is 35.9 Å². The quantitative estimate of drug-likeness (QED) is 0.335. The summed E-state index contributed by atoms with van der Waals surface area (Å²) in [6.45, 7) is 9.10. The summed E-state index contributed by atoms with van der Waals surface area (Å²) in [5.74, 6) is 0.252. The Morgan fingerprint density at radius 1 is 1.25 bits per heavy atom. The fourth-order valence-electron chi connectivity index (χ4n) is 3.02. The van der Waals surface area contributed by atoms with Gasteiger partial charge in [-0.15, -0.1) is 0 Å². The molecule has 1 saturated carbocycles. The molecule has 2 rings (SSSR count). The summed E-state index contributed by atoms with van der Waals surface area (Å²) >= 11 is 0. The molecule has 0 radical (unpaired) electrons. The topological polar surface area (TPSA) is 70.6 Å². The zero-order chi connectivity index (χ0) is 15.0. The van der Waals surface area contributed by atoms with Gasteiger partial charge in [0.05, 0.1) is 0 Å². The molecule has 0 bridgehead atoms. The summed E-state index contributed by atoms with van der Waals surface area (Å²) in [5, 5.41) is 15.6.